The molecular formula is C15H24. The van der Waals surface area contributed by atoms with Crippen LogP contribution < -0.4 is 0 Å². The zero-order chi connectivity index (χ0) is 11.3. The second-order valence-corrected chi connectivity index (χ2v) is 6.18. The number of hydrogen-bond acceptors (Lipinski definition) is 0. The van der Waals surface area contributed by atoms with Gasteiger partial charge in [-0.25, -0.2) is 0 Å². The SMILES string of the molecule is C=C[C@@]1(C)CC[C@@]2(C)C(=C)[C@@H]1CC[C@H]2C. The molecule has 0 heterocycles. The molecule has 4 atom stereocenters. The maximum atomic E-state index is 4.42. The number of hydrogen-bond donors (Lipinski definition) is 0. The highest BCUT2D eigenvalue weighted by molar-refractivity contribution is 5.25. The van der Waals surface area contributed by atoms with Crippen LogP contribution in [0.2, 0.25) is 0 Å². The zero-order valence-corrected chi connectivity index (χ0v) is 10.5. The Labute approximate surface area is 94.5 Å². The van der Waals surface area contributed by atoms with Gasteiger partial charge in [-0.3, -0.25) is 0 Å². The molecule has 15 heavy (non-hydrogen) atoms. The first kappa shape index (κ1) is 11.0. The van der Waals surface area contributed by atoms with Crippen molar-refractivity contribution in [2.75, 3.05) is 0 Å². The highest BCUT2D eigenvalue weighted by atomic mass is 14.5. The van der Waals surface area contributed by atoms with Crippen molar-refractivity contribution in [2.24, 2.45) is 22.7 Å². The van der Waals surface area contributed by atoms with Crippen LogP contribution in [0, 0.1) is 22.7 Å². The lowest BCUT2D eigenvalue weighted by atomic mass is 9.49. The predicted molar refractivity (Wildman–Crippen MR) is 66.7 cm³/mol. The van der Waals surface area contributed by atoms with Gasteiger partial charge in [-0.1, -0.05) is 39.0 Å². The van der Waals surface area contributed by atoms with Gasteiger partial charge in [0.1, 0.15) is 0 Å². The Morgan fingerprint density at radius 1 is 1.27 bits per heavy atom. The second kappa shape index (κ2) is 3.23. The van der Waals surface area contributed by atoms with Crippen molar-refractivity contribution in [2.45, 2.75) is 46.5 Å². The summed E-state index contributed by atoms with van der Waals surface area (Å²) in [5.41, 5.74) is 2.23. The molecule has 0 unspecified atom stereocenters. The maximum absolute atomic E-state index is 4.42. The van der Waals surface area contributed by atoms with Crippen LogP contribution in [0.1, 0.15) is 46.5 Å². The van der Waals surface area contributed by atoms with Crippen molar-refractivity contribution in [3.63, 3.8) is 0 Å². The van der Waals surface area contributed by atoms with Gasteiger partial charge in [0.2, 0.25) is 0 Å². The monoisotopic (exact) mass is 204 g/mol. The molecule has 84 valence electrons. The lowest BCUT2D eigenvalue weighted by Crippen LogP contribution is -2.46. The summed E-state index contributed by atoms with van der Waals surface area (Å²) in [5, 5.41) is 0. The zero-order valence-electron chi connectivity index (χ0n) is 10.5. The van der Waals surface area contributed by atoms with E-state index in [9.17, 15) is 0 Å². The fraction of sp³-hybridized carbons (Fsp3) is 0.733. The van der Waals surface area contributed by atoms with E-state index in [1.54, 1.807) is 0 Å². The number of allylic oxidation sites excluding steroid dienone is 2. The van der Waals surface area contributed by atoms with Gasteiger partial charge in [-0.15, -0.1) is 6.58 Å². The summed E-state index contributed by atoms with van der Waals surface area (Å²) in [6, 6.07) is 0. The largest absolute Gasteiger partial charge is 0.103 e. The molecule has 0 aromatic rings. The lowest BCUT2D eigenvalue weighted by molar-refractivity contribution is 0.0466. The molecule has 0 nitrogen and oxygen atoms in total. The van der Waals surface area contributed by atoms with E-state index in [0.29, 0.717) is 16.7 Å². The topological polar surface area (TPSA) is 0 Å². The first-order valence-electron chi connectivity index (χ1n) is 6.27. The van der Waals surface area contributed by atoms with Crippen molar-refractivity contribution < 1.29 is 0 Å². The summed E-state index contributed by atoms with van der Waals surface area (Å²) in [4.78, 5) is 0. The van der Waals surface area contributed by atoms with Gasteiger partial charge in [-0.05, 0) is 48.3 Å². The first-order chi connectivity index (χ1) is 6.94. The number of fused-ring (bicyclic) bond motifs is 2. The summed E-state index contributed by atoms with van der Waals surface area (Å²) >= 11 is 0. The van der Waals surface area contributed by atoms with Crippen molar-refractivity contribution >= 4 is 0 Å². The van der Waals surface area contributed by atoms with Gasteiger partial charge in [0.25, 0.3) is 0 Å². The van der Waals surface area contributed by atoms with Crippen molar-refractivity contribution in [1.82, 2.24) is 0 Å². The molecule has 0 heteroatoms. The Morgan fingerprint density at radius 3 is 2.53 bits per heavy atom. The molecular weight excluding hydrogens is 180 g/mol. The molecule has 0 aliphatic heterocycles. The highest BCUT2D eigenvalue weighted by Gasteiger charge is 2.50. The standard InChI is InChI=1S/C15H24/c1-6-14(4)9-10-15(5)11(2)7-8-13(14)12(15)3/h6,11,13H,1,3,7-10H2,2,4-5H3/t11-,13+,14+,15-/m1/s1. The Hall–Kier alpha value is -0.520. The second-order valence-electron chi connectivity index (χ2n) is 6.18. The number of rotatable bonds is 1. The van der Waals surface area contributed by atoms with Crippen LogP contribution in [0.25, 0.3) is 0 Å². The van der Waals surface area contributed by atoms with E-state index in [0.717, 1.165) is 5.92 Å². The molecule has 2 rings (SSSR count). The normalized spacial score (nSPS) is 50.2. The van der Waals surface area contributed by atoms with E-state index in [4.69, 9.17) is 0 Å². The average Bonchev–Trinajstić information content (AvgIpc) is 2.22. The Bertz CT molecular complexity index is 301. The third-order valence-corrected chi connectivity index (χ3v) is 5.58. The van der Waals surface area contributed by atoms with Crippen LogP contribution in [0.15, 0.2) is 24.8 Å². The molecule has 2 saturated carbocycles. The molecule has 2 aliphatic carbocycles. The predicted octanol–water partition coefficient (Wildman–Crippen LogP) is 4.58. The fourth-order valence-corrected chi connectivity index (χ4v) is 3.71. The summed E-state index contributed by atoms with van der Waals surface area (Å²) in [6.45, 7) is 15.6. The Morgan fingerprint density at radius 2 is 1.93 bits per heavy atom. The quantitative estimate of drug-likeness (QED) is 0.548. The van der Waals surface area contributed by atoms with Crippen molar-refractivity contribution in [3.8, 4) is 0 Å². The van der Waals surface area contributed by atoms with Crippen LogP contribution in [-0.4, -0.2) is 0 Å². The summed E-state index contributed by atoms with van der Waals surface area (Å²) in [7, 11) is 0. The van der Waals surface area contributed by atoms with Gasteiger partial charge in [-0.2, -0.15) is 0 Å². The van der Waals surface area contributed by atoms with Crippen LogP contribution >= 0.6 is 0 Å². The maximum Gasteiger partial charge on any atom is -0.00834 e. The minimum absolute atomic E-state index is 0.316. The van der Waals surface area contributed by atoms with E-state index in [1.165, 1.54) is 31.3 Å². The van der Waals surface area contributed by atoms with Crippen LogP contribution in [0.4, 0.5) is 0 Å². The molecule has 0 radical (unpaired) electrons. The molecule has 0 amide bonds. The molecule has 0 N–H and O–H groups in total. The molecule has 0 spiro atoms. The van der Waals surface area contributed by atoms with E-state index < -0.39 is 0 Å². The summed E-state index contributed by atoms with van der Waals surface area (Å²) in [6.07, 6.45) is 7.45. The van der Waals surface area contributed by atoms with Gasteiger partial charge in [0, 0.05) is 0 Å². The van der Waals surface area contributed by atoms with Gasteiger partial charge in [0.05, 0.1) is 0 Å². The minimum Gasteiger partial charge on any atom is -0.103 e. The fourth-order valence-electron chi connectivity index (χ4n) is 3.71. The van der Waals surface area contributed by atoms with Crippen molar-refractivity contribution in [1.29, 1.82) is 0 Å². The van der Waals surface area contributed by atoms with Gasteiger partial charge in [0.15, 0.2) is 0 Å². The molecule has 0 aromatic heterocycles. The summed E-state index contributed by atoms with van der Waals surface area (Å²) < 4.78 is 0. The minimum atomic E-state index is 0.316. The van der Waals surface area contributed by atoms with Crippen molar-refractivity contribution in [3.05, 3.63) is 24.8 Å². The summed E-state index contributed by atoms with van der Waals surface area (Å²) in [5.74, 6) is 1.50. The van der Waals surface area contributed by atoms with E-state index >= 15 is 0 Å². The molecule has 0 aromatic carbocycles. The molecule has 0 saturated heterocycles. The molecule has 2 bridgehead atoms. The Kier molecular flexibility index (Phi) is 2.37. The highest BCUT2D eigenvalue weighted by Crippen LogP contribution is 2.60. The van der Waals surface area contributed by atoms with Crippen LogP contribution in [0.5, 0.6) is 0 Å². The average molecular weight is 204 g/mol. The van der Waals surface area contributed by atoms with E-state index in [-0.39, 0.29) is 0 Å². The third kappa shape index (κ3) is 1.33. The van der Waals surface area contributed by atoms with Crippen LogP contribution in [-0.2, 0) is 0 Å². The van der Waals surface area contributed by atoms with Gasteiger partial charge >= 0.3 is 0 Å². The Balaban J connectivity index is 2.37. The molecule has 2 fully saturated rings. The lowest BCUT2D eigenvalue weighted by Gasteiger charge is -2.56. The van der Waals surface area contributed by atoms with Crippen LogP contribution in [0.3, 0.4) is 0 Å². The van der Waals surface area contributed by atoms with E-state index in [2.05, 4.69) is 40.0 Å². The molecule has 2 aliphatic rings. The first-order valence-corrected chi connectivity index (χ1v) is 6.27. The van der Waals surface area contributed by atoms with E-state index in [1.807, 2.05) is 0 Å². The third-order valence-electron chi connectivity index (χ3n) is 5.58. The smallest absolute Gasteiger partial charge is 0.00834 e. The van der Waals surface area contributed by atoms with Gasteiger partial charge < -0.3 is 0 Å².